The lowest BCUT2D eigenvalue weighted by atomic mass is 9.98. The zero-order valence-electron chi connectivity index (χ0n) is 8.28. The van der Waals surface area contributed by atoms with Gasteiger partial charge in [0.2, 0.25) is 0 Å². The quantitative estimate of drug-likeness (QED) is 0.613. The van der Waals surface area contributed by atoms with Gasteiger partial charge < -0.3 is 9.57 Å². The highest BCUT2D eigenvalue weighted by Crippen LogP contribution is 2.18. The van der Waals surface area contributed by atoms with E-state index in [0.29, 0.717) is 6.61 Å². The zero-order valence-corrected chi connectivity index (χ0v) is 8.28. The number of carbonyl (C=O) groups excluding carboxylic acids is 1. The van der Waals surface area contributed by atoms with Gasteiger partial charge >= 0.3 is 5.97 Å². The van der Waals surface area contributed by atoms with Crippen molar-refractivity contribution in [2.45, 2.75) is 19.8 Å². The minimum absolute atomic E-state index is 0.0572. The average molecular weight is 187 g/mol. The SMILES string of the molecule is CCOC(=O)C1CCN(OC)CC1. The minimum atomic E-state index is -0.0572. The van der Waals surface area contributed by atoms with Crippen molar-refractivity contribution in [1.82, 2.24) is 5.06 Å². The van der Waals surface area contributed by atoms with E-state index < -0.39 is 0 Å². The molecule has 0 saturated carbocycles. The van der Waals surface area contributed by atoms with Gasteiger partial charge in [-0.3, -0.25) is 4.79 Å². The third-order valence-electron chi connectivity index (χ3n) is 2.33. The van der Waals surface area contributed by atoms with Crippen LogP contribution in [0.15, 0.2) is 0 Å². The van der Waals surface area contributed by atoms with Crippen LogP contribution in [0.5, 0.6) is 0 Å². The summed E-state index contributed by atoms with van der Waals surface area (Å²) in [5.41, 5.74) is 0. The van der Waals surface area contributed by atoms with E-state index in [9.17, 15) is 4.79 Å². The zero-order chi connectivity index (χ0) is 9.68. The molecule has 0 atom stereocenters. The minimum Gasteiger partial charge on any atom is -0.466 e. The molecule has 0 bridgehead atoms. The maximum absolute atomic E-state index is 11.3. The standard InChI is InChI=1S/C9H17NO3/c1-3-13-9(11)8-4-6-10(12-2)7-5-8/h8H,3-7H2,1-2H3. The van der Waals surface area contributed by atoms with Crippen molar-refractivity contribution in [3.05, 3.63) is 0 Å². The predicted octanol–water partition coefficient (Wildman–Crippen LogP) is 0.823. The maximum atomic E-state index is 11.3. The lowest BCUT2D eigenvalue weighted by molar-refractivity contribution is -0.165. The molecule has 4 nitrogen and oxygen atoms in total. The Kier molecular flexibility index (Phi) is 4.18. The summed E-state index contributed by atoms with van der Waals surface area (Å²) >= 11 is 0. The van der Waals surface area contributed by atoms with Gasteiger partial charge in [-0.2, -0.15) is 5.06 Å². The lowest BCUT2D eigenvalue weighted by Gasteiger charge is -2.28. The fourth-order valence-electron chi connectivity index (χ4n) is 1.53. The normalized spacial score (nSPS) is 20.2. The molecule has 1 fully saturated rings. The molecule has 1 aliphatic heterocycles. The average Bonchev–Trinajstić information content (AvgIpc) is 2.18. The van der Waals surface area contributed by atoms with Crippen LogP contribution in [0.4, 0.5) is 0 Å². The van der Waals surface area contributed by atoms with Gasteiger partial charge in [0.1, 0.15) is 0 Å². The monoisotopic (exact) mass is 187 g/mol. The first-order valence-electron chi connectivity index (χ1n) is 4.73. The number of ether oxygens (including phenoxy) is 1. The van der Waals surface area contributed by atoms with Crippen molar-refractivity contribution in [3.63, 3.8) is 0 Å². The van der Waals surface area contributed by atoms with Crippen LogP contribution in [-0.4, -0.2) is 37.8 Å². The van der Waals surface area contributed by atoms with E-state index in [-0.39, 0.29) is 11.9 Å². The topological polar surface area (TPSA) is 38.8 Å². The predicted molar refractivity (Wildman–Crippen MR) is 47.9 cm³/mol. The van der Waals surface area contributed by atoms with Gasteiger partial charge in [-0.25, -0.2) is 0 Å². The molecule has 0 N–H and O–H groups in total. The molecule has 1 saturated heterocycles. The van der Waals surface area contributed by atoms with E-state index in [1.807, 2.05) is 12.0 Å². The number of hydrogen-bond donors (Lipinski definition) is 0. The van der Waals surface area contributed by atoms with Crippen LogP contribution in [0, 0.1) is 5.92 Å². The fraction of sp³-hybridized carbons (Fsp3) is 0.889. The summed E-state index contributed by atoms with van der Waals surface area (Å²) in [4.78, 5) is 16.4. The molecule has 1 heterocycles. The van der Waals surface area contributed by atoms with Gasteiger partial charge in [0.05, 0.1) is 19.6 Å². The molecule has 0 aromatic carbocycles. The summed E-state index contributed by atoms with van der Waals surface area (Å²) in [7, 11) is 1.66. The van der Waals surface area contributed by atoms with E-state index in [4.69, 9.17) is 9.57 Å². The molecule has 0 aliphatic carbocycles. The van der Waals surface area contributed by atoms with Gasteiger partial charge in [0.25, 0.3) is 0 Å². The number of hydroxylamine groups is 2. The molecular formula is C9H17NO3. The Hall–Kier alpha value is -0.610. The Bertz CT molecular complexity index is 164. The second kappa shape index (κ2) is 5.19. The second-order valence-corrected chi connectivity index (χ2v) is 3.14. The molecular weight excluding hydrogens is 170 g/mol. The third-order valence-corrected chi connectivity index (χ3v) is 2.33. The first-order chi connectivity index (χ1) is 6.27. The Balaban J connectivity index is 2.28. The summed E-state index contributed by atoms with van der Waals surface area (Å²) < 4.78 is 4.95. The molecule has 0 unspecified atom stereocenters. The summed E-state index contributed by atoms with van der Waals surface area (Å²) in [6.45, 7) is 3.95. The molecule has 1 rings (SSSR count). The molecule has 76 valence electrons. The summed E-state index contributed by atoms with van der Waals surface area (Å²) in [5, 5.41) is 1.87. The largest absolute Gasteiger partial charge is 0.466 e. The molecule has 0 aromatic rings. The molecule has 0 spiro atoms. The molecule has 0 aromatic heterocycles. The van der Waals surface area contributed by atoms with Crippen molar-refractivity contribution in [2.75, 3.05) is 26.8 Å². The van der Waals surface area contributed by atoms with Gasteiger partial charge in [-0.15, -0.1) is 0 Å². The van der Waals surface area contributed by atoms with E-state index in [2.05, 4.69) is 0 Å². The Morgan fingerprint density at radius 1 is 1.46 bits per heavy atom. The third kappa shape index (κ3) is 2.97. The van der Waals surface area contributed by atoms with Crippen molar-refractivity contribution in [2.24, 2.45) is 5.92 Å². The van der Waals surface area contributed by atoms with Crippen LogP contribution in [0.1, 0.15) is 19.8 Å². The molecule has 4 heteroatoms. The number of piperidine rings is 1. The van der Waals surface area contributed by atoms with Crippen LogP contribution >= 0.6 is 0 Å². The highest BCUT2D eigenvalue weighted by Gasteiger charge is 2.25. The highest BCUT2D eigenvalue weighted by atomic mass is 16.7. The first-order valence-corrected chi connectivity index (χ1v) is 4.73. The molecule has 13 heavy (non-hydrogen) atoms. The van der Waals surface area contributed by atoms with Crippen molar-refractivity contribution < 1.29 is 14.4 Å². The van der Waals surface area contributed by atoms with Gasteiger partial charge in [-0.05, 0) is 19.8 Å². The van der Waals surface area contributed by atoms with E-state index in [0.717, 1.165) is 25.9 Å². The second-order valence-electron chi connectivity index (χ2n) is 3.14. The van der Waals surface area contributed by atoms with Crippen molar-refractivity contribution >= 4 is 5.97 Å². The van der Waals surface area contributed by atoms with Crippen LogP contribution in [0.3, 0.4) is 0 Å². The van der Waals surface area contributed by atoms with Crippen LogP contribution in [0.25, 0.3) is 0 Å². The van der Waals surface area contributed by atoms with Gasteiger partial charge in [0, 0.05) is 13.1 Å². The maximum Gasteiger partial charge on any atom is 0.309 e. The lowest BCUT2D eigenvalue weighted by Crippen LogP contribution is -2.36. The van der Waals surface area contributed by atoms with Crippen molar-refractivity contribution in [3.8, 4) is 0 Å². The Morgan fingerprint density at radius 3 is 2.54 bits per heavy atom. The van der Waals surface area contributed by atoms with Gasteiger partial charge in [0.15, 0.2) is 0 Å². The van der Waals surface area contributed by atoms with Crippen LogP contribution < -0.4 is 0 Å². The first kappa shape index (κ1) is 10.5. The highest BCUT2D eigenvalue weighted by molar-refractivity contribution is 5.72. The number of esters is 1. The molecule has 1 aliphatic rings. The summed E-state index contributed by atoms with van der Waals surface area (Å²) in [5.74, 6) is 0.0182. The van der Waals surface area contributed by atoms with E-state index >= 15 is 0 Å². The fourth-order valence-corrected chi connectivity index (χ4v) is 1.53. The van der Waals surface area contributed by atoms with Crippen LogP contribution in [-0.2, 0) is 14.4 Å². The Morgan fingerprint density at radius 2 is 2.08 bits per heavy atom. The van der Waals surface area contributed by atoms with Crippen LogP contribution in [0.2, 0.25) is 0 Å². The molecule has 0 amide bonds. The van der Waals surface area contributed by atoms with E-state index in [1.165, 1.54) is 0 Å². The summed E-state index contributed by atoms with van der Waals surface area (Å²) in [6.07, 6.45) is 1.68. The van der Waals surface area contributed by atoms with E-state index in [1.54, 1.807) is 7.11 Å². The smallest absolute Gasteiger partial charge is 0.309 e. The number of hydrogen-bond acceptors (Lipinski definition) is 4. The number of carbonyl (C=O) groups is 1. The number of nitrogens with zero attached hydrogens (tertiary/aromatic N) is 1. The van der Waals surface area contributed by atoms with Crippen molar-refractivity contribution in [1.29, 1.82) is 0 Å². The molecule has 0 radical (unpaired) electrons. The summed E-state index contributed by atoms with van der Waals surface area (Å²) in [6, 6.07) is 0. The Labute approximate surface area is 78.8 Å². The number of rotatable bonds is 3. The van der Waals surface area contributed by atoms with Gasteiger partial charge in [-0.1, -0.05) is 0 Å².